The lowest BCUT2D eigenvalue weighted by Crippen LogP contribution is -2.20. The smallest absolute Gasteiger partial charge is 0.186 e. The lowest BCUT2D eigenvalue weighted by molar-refractivity contribution is 0.198. The third-order valence-corrected chi connectivity index (χ3v) is 3.12. The normalized spacial score (nSPS) is 23.5. The van der Waals surface area contributed by atoms with Crippen LogP contribution in [0.3, 0.4) is 0 Å². The van der Waals surface area contributed by atoms with Crippen molar-refractivity contribution in [3.8, 4) is 0 Å². The van der Waals surface area contributed by atoms with E-state index in [1.165, 1.54) is 11.3 Å². The molecule has 3 nitrogen and oxygen atoms in total. The van der Waals surface area contributed by atoms with Crippen molar-refractivity contribution in [1.29, 1.82) is 0 Å². The first-order valence-electron chi connectivity index (χ1n) is 3.80. The van der Waals surface area contributed by atoms with Gasteiger partial charge in [0.2, 0.25) is 0 Å². The van der Waals surface area contributed by atoms with Gasteiger partial charge in [0.1, 0.15) is 5.15 Å². The zero-order chi connectivity index (χ0) is 8.55. The van der Waals surface area contributed by atoms with E-state index in [-0.39, 0.29) is 6.10 Å². The standard InChI is InChI=1S/C7H9ClN2OS/c8-6-4-12-7(9-6)10-2-1-5(11)3-10/h4-5,11H,1-3H2. The molecule has 1 fully saturated rings. The van der Waals surface area contributed by atoms with E-state index in [0.717, 1.165) is 18.1 Å². The first kappa shape index (κ1) is 8.29. The van der Waals surface area contributed by atoms with Crippen LogP contribution in [0.15, 0.2) is 5.38 Å². The second-order valence-corrected chi connectivity index (χ2v) is 4.07. The molecule has 0 spiro atoms. The van der Waals surface area contributed by atoms with E-state index in [1.54, 1.807) is 0 Å². The molecule has 1 atom stereocenters. The Morgan fingerprint density at radius 2 is 2.58 bits per heavy atom. The largest absolute Gasteiger partial charge is 0.391 e. The summed E-state index contributed by atoms with van der Waals surface area (Å²) in [5, 5.41) is 12.5. The summed E-state index contributed by atoms with van der Waals surface area (Å²) in [5.41, 5.74) is 0. The van der Waals surface area contributed by atoms with Crippen molar-refractivity contribution in [3.05, 3.63) is 10.5 Å². The minimum Gasteiger partial charge on any atom is -0.391 e. The molecule has 12 heavy (non-hydrogen) atoms. The molecule has 0 amide bonds. The summed E-state index contributed by atoms with van der Waals surface area (Å²) in [7, 11) is 0. The van der Waals surface area contributed by atoms with Crippen molar-refractivity contribution in [2.75, 3.05) is 18.0 Å². The van der Waals surface area contributed by atoms with Gasteiger partial charge in [0.15, 0.2) is 5.13 Å². The fourth-order valence-corrected chi connectivity index (χ4v) is 2.29. The van der Waals surface area contributed by atoms with Crippen LogP contribution in [0.2, 0.25) is 5.15 Å². The molecule has 2 rings (SSSR count). The van der Waals surface area contributed by atoms with Gasteiger partial charge in [-0.3, -0.25) is 0 Å². The number of thiazole rings is 1. The molecule has 0 bridgehead atoms. The van der Waals surface area contributed by atoms with Gasteiger partial charge in [-0.05, 0) is 6.42 Å². The zero-order valence-corrected chi connectivity index (χ0v) is 7.98. The van der Waals surface area contributed by atoms with Gasteiger partial charge in [-0.15, -0.1) is 11.3 Å². The fourth-order valence-electron chi connectivity index (χ4n) is 1.31. The van der Waals surface area contributed by atoms with Crippen molar-refractivity contribution >= 4 is 28.1 Å². The number of nitrogens with zero attached hydrogens (tertiary/aromatic N) is 2. The highest BCUT2D eigenvalue weighted by Gasteiger charge is 2.22. The number of halogens is 1. The molecule has 66 valence electrons. The molecule has 1 aliphatic rings. The highest BCUT2D eigenvalue weighted by atomic mass is 35.5. The second kappa shape index (κ2) is 3.20. The molecule has 0 aromatic carbocycles. The van der Waals surface area contributed by atoms with Crippen molar-refractivity contribution in [2.45, 2.75) is 12.5 Å². The Labute approximate surface area is 79.6 Å². The van der Waals surface area contributed by atoms with Gasteiger partial charge >= 0.3 is 0 Å². The van der Waals surface area contributed by atoms with E-state index < -0.39 is 0 Å². The monoisotopic (exact) mass is 204 g/mol. The topological polar surface area (TPSA) is 36.4 Å². The number of anilines is 1. The number of aliphatic hydroxyl groups excluding tert-OH is 1. The summed E-state index contributed by atoms with van der Waals surface area (Å²) in [6, 6.07) is 0. The van der Waals surface area contributed by atoms with Crippen LogP contribution in [0, 0.1) is 0 Å². The van der Waals surface area contributed by atoms with E-state index >= 15 is 0 Å². The molecule has 1 N–H and O–H groups in total. The predicted molar refractivity (Wildman–Crippen MR) is 50.0 cm³/mol. The second-order valence-electron chi connectivity index (χ2n) is 2.84. The van der Waals surface area contributed by atoms with Crippen LogP contribution in [0.5, 0.6) is 0 Å². The van der Waals surface area contributed by atoms with Gasteiger partial charge < -0.3 is 10.0 Å². The maximum Gasteiger partial charge on any atom is 0.186 e. The van der Waals surface area contributed by atoms with Crippen LogP contribution in [0.1, 0.15) is 6.42 Å². The van der Waals surface area contributed by atoms with Gasteiger partial charge in [-0.1, -0.05) is 11.6 Å². The minimum atomic E-state index is -0.201. The minimum absolute atomic E-state index is 0.201. The average molecular weight is 205 g/mol. The lowest BCUT2D eigenvalue weighted by Gasteiger charge is -2.12. The van der Waals surface area contributed by atoms with E-state index in [2.05, 4.69) is 9.88 Å². The lowest BCUT2D eigenvalue weighted by atomic mass is 10.3. The number of aromatic nitrogens is 1. The van der Waals surface area contributed by atoms with Crippen molar-refractivity contribution in [2.24, 2.45) is 0 Å². The molecule has 5 heteroatoms. The van der Waals surface area contributed by atoms with E-state index in [1.807, 2.05) is 5.38 Å². The Hall–Kier alpha value is -0.320. The molecule has 1 aromatic rings. The van der Waals surface area contributed by atoms with E-state index in [4.69, 9.17) is 11.6 Å². The molecule has 1 aromatic heterocycles. The van der Waals surface area contributed by atoms with Gasteiger partial charge in [0, 0.05) is 18.5 Å². The van der Waals surface area contributed by atoms with Crippen LogP contribution in [-0.4, -0.2) is 29.3 Å². The molecule has 1 saturated heterocycles. The number of rotatable bonds is 1. The number of aliphatic hydroxyl groups is 1. The first-order chi connectivity index (χ1) is 5.75. The molecule has 2 heterocycles. The van der Waals surface area contributed by atoms with E-state index in [9.17, 15) is 5.11 Å². The average Bonchev–Trinajstić information content (AvgIpc) is 2.58. The Morgan fingerprint density at radius 3 is 3.08 bits per heavy atom. The number of hydrogen-bond donors (Lipinski definition) is 1. The molecular formula is C7H9ClN2OS. The molecule has 1 aliphatic heterocycles. The van der Waals surface area contributed by atoms with Gasteiger partial charge in [0.05, 0.1) is 6.10 Å². The molecule has 0 saturated carbocycles. The SMILES string of the molecule is OC1CCN(c2nc(Cl)cs2)C1. The quantitative estimate of drug-likeness (QED) is 0.751. The third-order valence-electron chi connectivity index (χ3n) is 1.90. The van der Waals surface area contributed by atoms with Crippen molar-refractivity contribution < 1.29 is 5.11 Å². The van der Waals surface area contributed by atoms with Crippen molar-refractivity contribution in [3.63, 3.8) is 0 Å². The highest BCUT2D eigenvalue weighted by molar-refractivity contribution is 7.14. The summed E-state index contributed by atoms with van der Waals surface area (Å²) in [4.78, 5) is 6.18. The van der Waals surface area contributed by atoms with Gasteiger partial charge in [-0.25, -0.2) is 4.98 Å². The molecule has 0 aliphatic carbocycles. The summed E-state index contributed by atoms with van der Waals surface area (Å²) in [6.45, 7) is 1.56. The Bertz CT molecular complexity index is 278. The molecule has 1 unspecified atom stereocenters. The summed E-state index contributed by atoms with van der Waals surface area (Å²) in [6.07, 6.45) is 0.629. The van der Waals surface area contributed by atoms with Crippen LogP contribution >= 0.6 is 22.9 Å². The predicted octanol–water partition coefficient (Wildman–Crippen LogP) is 1.37. The van der Waals surface area contributed by atoms with Crippen LogP contribution in [0.4, 0.5) is 5.13 Å². The Morgan fingerprint density at radius 1 is 1.75 bits per heavy atom. The van der Waals surface area contributed by atoms with Crippen molar-refractivity contribution in [1.82, 2.24) is 4.98 Å². The fraction of sp³-hybridized carbons (Fsp3) is 0.571. The van der Waals surface area contributed by atoms with E-state index in [0.29, 0.717) is 11.7 Å². The Kier molecular flexibility index (Phi) is 2.21. The van der Waals surface area contributed by atoms with Crippen LogP contribution in [0.25, 0.3) is 0 Å². The van der Waals surface area contributed by atoms with Gasteiger partial charge in [-0.2, -0.15) is 0 Å². The highest BCUT2D eigenvalue weighted by Crippen LogP contribution is 2.26. The summed E-state index contributed by atoms with van der Waals surface area (Å²) in [5.74, 6) is 0. The van der Waals surface area contributed by atoms with Crippen LogP contribution < -0.4 is 4.90 Å². The number of hydrogen-bond acceptors (Lipinski definition) is 4. The maximum absolute atomic E-state index is 9.27. The first-order valence-corrected chi connectivity index (χ1v) is 5.05. The van der Waals surface area contributed by atoms with Gasteiger partial charge in [0.25, 0.3) is 0 Å². The summed E-state index contributed by atoms with van der Waals surface area (Å²) >= 11 is 7.21. The molecule has 0 radical (unpaired) electrons. The van der Waals surface area contributed by atoms with Crippen LogP contribution in [-0.2, 0) is 0 Å². The summed E-state index contributed by atoms with van der Waals surface area (Å²) < 4.78 is 0. The Balaban J connectivity index is 2.11. The zero-order valence-electron chi connectivity index (χ0n) is 6.40. The maximum atomic E-state index is 9.27. The number of β-amino-alcohol motifs (C(OH)–C–C–N with tert-alkyl or cyclic N) is 1. The third kappa shape index (κ3) is 1.55. The molecular weight excluding hydrogens is 196 g/mol.